The lowest BCUT2D eigenvalue weighted by Gasteiger charge is -2.11. The van der Waals surface area contributed by atoms with Crippen LogP contribution in [-0.2, 0) is 21.3 Å². The molecule has 0 spiro atoms. The minimum Gasteiger partial charge on any atom is -0.298 e. The summed E-state index contributed by atoms with van der Waals surface area (Å²) in [5.41, 5.74) is 1.95. The molecule has 1 atom stereocenters. The first kappa shape index (κ1) is 15.9. The second kappa shape index (κ2) is 6.30. The highest BCUT2D eigenvalue weighted by molar-refractivity contribution is 7.86. The molecule has 0 unspecified atom stereocenters. The van der Waals surface area contributed by atoms with Gasteiger partial charge in [-0.2, -0.15) is 8.42 Å². The molecule has 1 rings (SSSR count). The number of carbonyl (C=O) groups is 1. The van der Waals surface area contributed by atoms with Crippen LogP contribution in [0, 0.1) is 5.92 Å². The average Bonchev–Trinajstić information content (AvgIpc) is 2.26. The Hall–Kier alpha value is -1.20. The molecule has 0 heterocycles. The SMILES string of the molecule is CC(C)Cc1ccc([C@@H](C)C(=O)CS(=O)(=O)O)cc1. The van der Waals surface area contributed by atoms with Crippen LogP contribution in [0.25, 0.3) is 0 Å². The first-order chi connectivity index (χ1) is 8.69. The molecule has 0 bridgehead atoms. The Morgan fingerprint density at radius 3 is 2.11 bits per heavy atom. The highest BCUT2D eigenvalue weighted by Gasteiger charge is 2.20. The van der Waals surface area contributed by atoms with Crippen molar-refractivity contribution in [2.75, 3.05) is 5.75 Å². The molecule has 0 amide bonds. The van der Waals surface area contributed by atoms with Crippen LogP contribution in [0.2, 0.25) is 0 Å². The number of carbonyl (C=O) groups excluding carboxylic acids is 1. The Bertz CT molecular complexity index is 529. The summed E-state index contributed by atoms with van der Waals surface area (Å²) in [5.74, 6) is -1.30. The molecular weight excluding hydrogens is 264 g/mol. The Labute approximate surface area is 114 Å². The quantitative estimate of drug-likeness (QED) is 0.814. The van der Waals surface area contributed by atoms with Crippen molar-refractivity contribution < 1.29 is 17.8 Å². The van der Waals surface area contributed by atoms with Crippen molar-refractivity contribution in [1.29, 1.82) is 0 Å². The van der Waals surface area contributed by atoms with Gasteiger partial charge >= 0.3 is 0 Å². The van der Waals surface area contributed by atoms with Gasteiger partial charge in [-0.1, -0.05) is 45.0 Å². The summed E-state index contributed by atoms with van der Waals surface area (Å²) in [4.78, 5) is 11.7. The second-order valence-electron chi connectivity index (χ2n) is 5.25. The highest BCUT2D eigenvalue weighted by atomic mass is 32.2. The first-order valence-corrected chi connectivity index (χ1v) is 7.86. The number of rotatable bonds is 6. The summed E-state index contributed by atoms with van der Waals surface area (Å²) in [6.07, 6.45) is 0.966. The van der Waals surface area contributed by atoms with E-state index in [-0.39, 0.29) is 0 Å². The van der Waals surface area contributed by atoms with Gasteiger partial charge in [-0.25, -0.2) is 0 Å². The van der Waals surface area contributed by atoms with Crippen molar-refractivity contribution in [3.63, 3.8) is 0 Å². The lowest BCUT2D eigenvalue weighted by atomic mass is 9.94. The fraction of sp³-hybridized carbons (Fsp3) is 0.500. The summed E-state index contributed by atoms with van der Waals surface area (Å²) in [5, 5.41) is 0. The molecule has 0 radical (unpaired) electrons. The Balaban J connectivity index is 2.77. The summed E-state index contributed by atoms with van der Waals surface area (Å²) < 4.78 is 30.1. The number of Topliss-reactive ketones (excluding diaryl/α,β-unsaturated/α-hetero) is 1. The van der Waals surface area contributed by atoms with Gasteiger partial charge in [0.2, 0.25) is 0 Å². The zero-order valence-electron chi connectivity index (χ0n) is 11.5. The van der Waals surface area contributed by atoms with Gasteiger partial charge in [0.15, 0.2) is 5.78 Å². The molecule has 0 saturated heterocycles. The zero-order chi connectivity index (χ0) is 14.6. The van der Waals surface area contributed by atoms with Crippen LogP contribution in [0.4, 0.5) is 0 Å². The normalized spacial score (nSPS) is 13.5. The van der Waals surface area contributed by atoms with E-state index in [9.17, 15) is 13.2 Å². The largest absolute Gasteiger partial charge is 0.298 e. The van der Waals surface area contributed by atoms with E-state index < -0.39 is 27.6 Å². The molecule has 1 N–H and O–H groups in total. The first-order valence-electron chi connectivity index (χ1n) is 6.25. The molecule has 0 aromatic heterocycles. The van der Waals surface area contributed by atoms with Crippen molar-refractivity contribution >= 4 is 15.9 Å². The van der Waals surface area contributed by atoms with Gasteiger partial charge in [0.05, 0.1) is 0 Å². The van der Waals surface area contributed by atoms with Crippen molar-refractivity contribution in [2.45, 2.75) is 33.1 Å². The van der Waals surface area contributed by atoms with E-state index in [2.05, 4.69) is 13.8 Å². The molecule has 5 heteroatoms. The van der Waals surface area contributed by atoms with Gasteiger partial charge in [0.25, 0.3) is 10.1 Å². The number of hydrogen-bond acceptors (Lipinski definition) is 3. The Morgan fingerprint density at radius 2 is 1.68 bits per heavy atom. The maximum atomic E-state index is 11.7. The summed E-state index contributed by atoms with van der Waals surface area (Å²) in [7, 11) is -4.25. The molecule has 0 saturated carbocycles. The molecule has 0 aliphatic carbocycles. The third-order valence-corrected chi connectivity index (χ3v) is 3.58. The van der Waals surface area contributed by atoms with E-state index in [1.807, 2.05) is 24.3 Å². The predicted octanol–water partition coefficient (Wildman–Crippen LogP) is 2.45. The van der Waals surface area contributed by atoms with Crippen LogP contribution < -0.4 is 0 Å². The van der Waals surface area contributed by atoms with Gasteiger partial charge in [0.1, 0.15) is 5.75 Å². The van der Waals surface area contributed by atoms with Gasteiger partial charge < -0.3 is 0 Å². The number of ketones is 1. The maximum absolute atomic E-state index is 11.7. The van der Waals surface area contributed by atoms with Crippen LogP contribution in [0.15, 0.2) is 24.3 Å². The molecule has 19 heavy (non-hydrogen) atoms. The predicted molar refractivity (Wildman–Crippen MR) is 74.8 cm³/mol. The third kappa shape index (κ3) is 5.53. The van der Waals surface area contributed by atoms with Crippen molar-refractivity contribution in [1.82, 2.24) is 0 Å². The van der Waals surface area contributed by atoms with Crippen LogP contribution in [0.5, 0.6) is 0 Å². The van der Waals surface area contributed by atoms with E-state index >= 15 is 0 Å². The number of benzene rings is 1. The molecule has 106 valence electrons. The molecule has 0 aliphatic heterocycles. The average molecular weight is 284 g/mol. The lowest BCUT2D eigenvalue weighted by molar-refractivity contribution is -0.117. The van der Waals surface area contributed by atoms with E-state index in [0.717, 1.165) is 12.0 Å². The van der Waals surface area contributed by atoms with Gasteiger partial charge in [-0.3, -0.25) is 9.35 Å². The lowest BCUT2D eigenvalue weighted by Crippen LogP contribution is -2.20. The van der Waals surface area contributed by atoms with Crippen LogP contribution in [0.3, 0.4) is 0 Å². The number of hydrogen-bond donors (Lipinski definition) is 1. The molecule has 4 nitrogen and oxygen atoms in total. The summed E-state index contributed by atoms with van der Waals surface area (Å²) in [6, 6.07) is 7.58. The van der Waals surface area contributed by atoms with Crippen LogP contribution in [0.1, 0.15) is 37.8 Å². The maximum Gasteiger partial charge on any atom is 0.272 e. The Kier molecular flexibility index (Phi) is 5.26. The van der Waals surface area contributed by atoms with Crippen molar-refractivity contribution in [3.05, 3.63) is 35.4 Å². The standard InChI is InChI=1S/C14H20O4S/c1-10(2)8-12-4-6-13(7-5-12)11(3)14(15)9-19(16,17)18/h4-7,10-11H,8-9H2,1-3H3,(H,16,17,18)/t11-/m1/s1. The van der Waals surface area contributed by atoms with E-state index in [1.54, 1.807) is 6.92 Å². The van der Waals surface area contributed by atoms with Crippen molar-refractivity contribution in [2.24, 2.45) is 5.92 Å². The summed E-state index contributed by atoms with van der Waals surface area (Å²) >= 11 is 0. The third-order valence-electron chi connectivity index (χ3n) is 2.93. The second-order valence-corrected chi connectivity index (χ2v) is 6.71. The van der Waals surface area contributed by atoms with E-state index in [1.165, 1.54) is 5.56 Å². The van der Waals surface area contributed by atoms with Gasteiger partial charge in [-0.15, -0.1) is 0 Å². The monoisotopic (exact) mass is 284 g/mol. The van der Waals surface area contributed by atoms with Crippen molar-refractivity contribution in [3.8, 4) is 0 Å². The van der Waals surface area contributed by atoms with E-state index in [4.69, 9.17) is 4.55 Å². The minimum absolute atomic E-state index is 0.501. The zero-order valence-corrected chi connectivity index (χ0v) is 12.3. The van der Waals surface area contributed by atoms with Crippen LogP contribution >= 0.6 is 0 Å². The fourth-order valence-corrected chi connectivity index (χ4v) is 2.51. The Morgan fingerprint density at radius 1 is 1.16 bits per heavy atom. The topological polar surface area (TPSA) is 71.4 Å². The molecule has 1 aromatic rings. The molecular formula is C14H20O4S. The van der Waals surface area contributed by atoms with Gasteiger partial charge in [-0.05, 0) is 23.5 Å². The summed E-state index contributed by atoms with van der Waals surface area (Å²) in [6.45, 7) is 5.91. The smallest absolute Gasteiger partial charge is 0.272 e. The fourth-order valence-electron chi connectivity index (χ4n) is 1.90. The van der Waals surface area contributed by atoms with E-state index in [0.29, 0.717) is 5.92 Å². The molecule has 0 fully saturated rings. The van der Waals surface area contributed by atoms with Crippen LogP contribution in [-0.4, -0.2) is 24.5 Å². The molecule has 1 aromatic carbocycles. The van der Waals surface area contributed by atoms with Gasteiger partial charge in [0, 0.05) is 5.92 Å². The highest BCUT2D eigenvalue weighted by Crippen LogP contribution is 2.19. The molecule has 0 aliphatic rings. The minimum atomic E-state index is -4.25.